The van der Waals surface area contributed by atoms with E-state index in [0.717, 1.165) is 0 Å². The van der Waals surface area contributed by atoms with Crippen LogP contribution in [0.1, 0.15) is 0 Å². The van der Waals surface area contributed by atoms with Gasteiger partial charge in [-0.1, -0.05) is 43.2 Å². The highest BCUT2D eigenvalue weighted by Gasteiger charge is 1.98. The molecule has 0 aromatic heterocycles. The van der Waals surface area contributed by atoms with Crippen LogP contribution in [0.2, 0.25) is 0 Å². The van der Waals surface area contributed by atoms with Gasteiger partial charge in [0.25, 0.3) is 0 Å². The summed E-state index contributed by atoms with van der Waals surface area (Å²) in [6.07, 6.45) is 0. The number of hydrogen-bond acceptors (Lipinski definition) is 6. The molecule has 0 amide bonds. The van der Waals surface area contributed by atoms with E-state index < -0.39 is 0 Å². The second-order valence-corrected chi connectivity index (χ2v) is 10.0. The lowest BCUT2D eigenvalue weighted by atomic mass is 11.9. The van der Waals surface area contributed by atoms with Gasteiger partial charge in [0.1, 0.15) is 0 Å². The van der Waals surface area contributed by atoms with Crippen molar-refractivity contribution in [3.8, 4) is 0 Å². The van der Waals surface area contributed by atoms with Crippen molar-refractivity contribution < 1.29 is 0 Å². The van der Waals surface area contributed by atoms with Gasteiger partial charge in [0.15, 0.2) is 0 Å². The molecule has 1 saturated heterocycles. The average molecular weight is 220 g/mol. The van der Waals surface area contributed by atoms with E-state index in [1.807, 2.05) is 62.8 Å². The SMILES string of the molecule is C1SSSCSSS1. The molecule has 0 atom stereocenters. The molecule has 1 aliphatic heterocycles. The first-order valence-corrected chi connectivity index (χ1v) is 9.46. The fourth-order valence-electron chi connectivity index (χ4n) is 0.186. The minimum absolute atomic E-state index is 1.22. The largest absolute Gasteiger partial charge is 0.0706 e. The maximum Gasteiger partial charge on any atom is 0.0616 e. The molecular weight excluding hydrogens is 216 g/mol. The highest BCUT2D eigenvalue weighted by atomic mass is 33.5. The third kappa shape index (κ3) is 4.00. The van der Waals surface area contributed by atoms with Crippen LogP contribution in [0.15, 0.2) is 0 Å². The summed E-state index contributed by atoms with van der Waals surface area (Å²) in [6.45, 7) is 0. The molecule has 0 aliphatic carbocycles. The number of hydrogen-bond donors (Lipinski definition) is 0. The van der Waals surface area contributed by atoms with Crippen LogP contribution in [-0.4, -0.2) is 10.2 Å². The van der Waals surface area contributed by atoms with E-state index in [1.165, 1.54) is 10.2 Å². The lowest BCUT2D eigenvalue weighted by Gasteiger charge is -2.03. The van der Waals surface area contributed by atoms with E-state index in [9.17, 15) is 0 Å². The monoisotopic (exact) mass is 220 g/mol. The van der Waals surface area contributed by atoms with E-state index in [-0.39, 0.29) is 0 Å². The Bertz CT molecular complexity index is 30.5. The predicted molar refractivity (Wildman–Crippen MR) is 55.3 cm³/mol. The Balaban J connectivity index is 2.00. The van der Waals surface area contributed by atoms with E-state index >= 15 is 0 Å². The van der Waals surface area contributed by atoms with Gasteiger partial charge in [0, 0.05) is 0 Å². The molecule has 0 bridgehead atoms. The van der Waals surface area contributed by atoms with Gasteiger partial charge >= 0.3 is 0 Å². The van der Waals surface area contributed by atoms with Crippen LogP contribution in [0, 0.1) is 0 Å². The molecular formula is C2H4S6. The zero-order valence-corrected chi connectivity index (χ0v) is 8.76. The summed E-state index contributed by atoms with van der Waals surface area (Å²) in [7, 11) is 11.6. The fourth-order valence-corrected chi connectivity index (χ4v) is 11.4. The summed E-state index contributed by atoms with van der Waals surface area (Å²) in [5.41, 5.74) is 0. The van der Waals surface area contributed by atoms with Gasteiger partial charge < -0.3 is 0 Å². The summed E-state index contributed by atoms with van der Waals surface area (Å²) < 4.78 is 0. The van der Waals surface area contributed by atoms with Gasteiger partial charge in [-0.25, -0.2) is 0 Å². The fraction of sp³-hybridized carbons (Fsp3) is 1.00. The van der Waals surface area contributed by atoms with Gasteiger partial charge in [-0.05, 0) is 19.7 Å². The Kier molecular flexibility index (Phi) is 6.00. The van der Waals surface area contributed by atoms with Crippen LogP contribution in [0.3, 0.4) is 0 Å². The zero-order chi connectivity index (χ0) is 5.66. The normalized spacial score (nSPS) is 24.0. The molecule has 0 radical (unpaired) electrons. The lowest BCUT2D eigenvalue weighted by Crippen LogP contribution is -1.63. The van der Waals surface area contributed by atoms with Crippen LogP contribution in [0.4, 0.5) is 0 Å². The first-order valence-electron chi connectivity index (χ1n) is 1.82. The maximum absolute atomic E-state index is 1.94. The van der Waals surface area contributed by atoms with Crippen LogP contribution in [0.25, 0.3) is 0 Å². The topological polar surface area (TPSA) is 0 Å². The van der Waals surface area contributed by atoms with E-state index in [1.54, 1.807) is 0 Å². The quantitative estimate of drug-likeness (QED) is 0.562. The number of rotatable bonds is 0. The third-order valence-corrected chi connectivity index (χ3v) is 10.4. The first-order chi connectivity index (χ1) is 4.00. The summed E-state index contributed by atoms with van der Waals surface area (Å²) in [6, 6.07) is 0. The minimum Gasteiger partial charge on any atom is -0.0706 e. The molecule has 6 heteroatoms. The molecule has 1 rings (SSSR count). The summed E-state index contributed by atoms with van der Waals surface area (Å²) in [4.78, 5) is 0. The van der Waals surface area contributed by atoms with Crippen molar-refractivity contribution >= 4 is 62.8 Å². The minimum atomic E-state index is 1.22. The Morgan fingerprint density at radius 1 is 0.625 bits per heavy atom. The molecule has 0 N–H and O–H groups in total. The molecule has 0 spiro atoms. The molecule has 0 saturated carbocycles. The van der Waals surface area contributed by atoms with Crippen molar-refractivity contribution in [1.29, 1.82) is 0 Å². The summed E-state index contributed by atoms with van der Waals surface area (Å²) >= 11 is 0. The molecule has 0 aromatic rings. The molecule has 0 nitrogen and oxygen atoms in total. The predicted octanol–water partition coefficient (Wildman–Crippen LogP) is 3.97. The summed E-state index contributed by atoms with van der Waals surface area (Å²) in [5, 5.41) is 2.44. The standard InChI is InChI=1S/C2H4S6/c1-3-7-5-2-6-8-4-1/h1-2H2. The molecule has 0 aromatic carbocycles. The van der Waals surface area contributed by atoms with Crippen molar-refractivity contribution in [2.24, 2.45) is 0 Å². The van der Waals surface area contributed by atoms with Gasteiger partial charge in [-0.3, -0.25) is 0 Å². The second-order valence-electron chi connectivity index (χ2n) is 0.843. The third-order valence-electron chi connectivity index (χ3n) is 0.385. The van der Waals surface area contributed by atoms with Gasteiger partial charge in [0.05, 0.1) is 10.2 Å². The van der Waals surface area contributed by atoms with Crippen LogP contribution >= 0.6 is 62.8 Å². The molecule has 0 unspecified atom stereocenters. The van der Waals surface area contributed by atoms with Gasteiger partial charge in [-0.15, -0.1) is 0 Å². The Morgan fingerprint density at radius 3 is 1.38 bits per heavy atom. The van der Waals surface area contributed by atoms with Crippen molar-refractivity contribution in [2.45, 2.75) is 0 Å². The smallest absolute Gasteiger partial charge is 0.0616 e. The van der Waals surface area contributed by atoms with Crippen LogP contribution in [0.5, 0.6) is 0 Å². The van der Waals surface area contributed by atoms with Crippen LogP contribution < -0.4 is 0 Å². The molecule has 1 heterocycles. The highest BCUT2D eigenvalue weighted by Crippen LogP contribution is 2.49. The van der Waals surface area contributed by atoms with Crippen LogP contribution in [-0.2, 0) is 0 Å². The molecule has 48 valence electrons. The van der Waals surface area contributed by atoms with E-state index in [2.05, 4.69) is 0 Å². The van der Waals surface area contributed by atoms with E-state index in [4.69, 9.17) is 0 Å². The zero-order valence-electron chi connectivity index (χ0n) is 3.86. The van der Waals surface area contributed by atoms with Crippen molar-refractivity contribution in [3.05, 3.63) is 0 Å². The second kappa shape index (κ2) is 5.85. The lowest BCUT2D eigenvalue weighted by molar-refractivity contribution is 2.34. The maximum atomic E-state index is 1.94. The van der Waals surface area contributed by atoms with Crippen molar-refractivity contribution in [1.82, 2.24) is 0 Å². The van der Waals surface area contributed by atoms with E-state index in [0.29, 0.717) is 0 Å². The Labute approximate surface area is 72.4 Å². The Hall–Kier alpha value is 2.10. The van der Waals surface area contributed by atoms with Gasteiger partial charge in [0.2, 0.25) is 0 Å². The van der Waals surface area contributed by atoms with Gasteiger partial charge in [-0.2, -0.15) is 0 Å². The molecule has 1 aliphatic rings. The first kappa shape index (κ1) is 8.20. The highest BCUT2D eigenvalue weighted by molar-refractivity contribution is 9.17. The Morgan fingerprint density at radius 2 is 1.00 bits per heavy atom. The molecule has 8 heavy (non-hydrogen) atoms. The molecule has 1 fully saturated rings. The van der Waals surface area contributed by atoms with Crippen molar-refractivity contribution in [2.75, 3.05) is 10.2 Å². The summed E-state index contributed by atoms with van der Waals surface area (Å²) in [5.74, 6) is 0. The van der Waals surface area contributed by atoms with Crippen molar-refractivity contribution in [3.63, 3.8) is 0 Å². The average Bonchev–Trinajstić information content (AvgIpc) is 1.62.